The van der Waals surface area contributed by atoms with Crippen LogP contribution in [-0.4, -0.2) is 54.4 Å². The molecule has 0 bridgehead atoms. The van der Waals surface area contributed by atoms with Gasteiger partial charge in [-0.1, -0.05) is 23.8 Å². The van der Waals surface area contributed by atoms with Gasteiger partial charge in [-0.2, -0.15) is 0 Å². The molecule has 2 aliphatic heterocycles. The van der Waals surface area contributed by atoms with Crippen molar-refractivity contribution in [2.75, 3.05) is 25.4 Å². The Kier molecular flexibility index (Phi) is 4.97. The number of carbonyl (C=O) groups excluding carboxylic acids is 1. The van der Waals surface area contributed by atoms with Crippen LogP contribution in [0.1, 0.15) is 27.9 Å². The average molecular weight is 401 g/mol. The highest BCUT2D eigenvalue weighted by Crippen LogP contribution is 2.45. The van der Waals surface area contributed by atoms with Crippen LogP contribution in [0.4, 0.5) is 0 Å². The van der Waals surface area contributed by atoms with Gasteiger partial charge in [0.05, 0.1) is 19.0 Å². The van der Waals surface area contributed by atoms with Gasteiger partial charge in [-0.05, 0) is 37.1 Å². The zero-order valence-electron chi connectivity index (χ0n) is 15.9. The first-order chi connectivity index (χ1) is 13.4. The molecule has 1 aromatic heterocycles. The first-order valence-electron chi connectivity index (χ1n) is 9.46. The number of carbonyl (C=O) groups is 1. The molecule has 148 valence electrons. The lowest BCUT2D eigenvalue weighted by Gasteiger charge is -2.49. The molecule has 2 saturated heterocycles. The summed E-state index contributed by atoms with van der Waals surface area (Å²) in [5, 5.41) is 0. The Balaban J connectivity index is 1.42. The van der Waals surface area contributed by atoms with Crippen LogP contribution < -0.4 is 0 Å². The lowest BCUT2D eigenvalue weighted by Crippen LogP contribution is -2.68. The molecule has 3 heterocycles. The molecular formula is C21H24N2O4S. The molecule has 1 amide bonds. The monoisotopic (exact) mass is 400 g/mol. The van der Waals surface area contributed by atoms with Crippen molar-refractivity contribution in [3.05, 3.63) is 65.5 Å². The molecule has 0 saturated carbocycles. The number of rotatable bonds is 5. The summed E-state index contributed by atoms with van der Waals surface area (Å²) in [6.07, 6.45) is 4.03. The van der Waals surface area contributed by atoms with Crippen LogP contribution in [0.15, 0.2) is 48.8 Å². The van der Waals surface area contributed by atoms with E-state index in [0.29, 0.717) is 25.2 Å². The predicted molar refractivity (Wildman–Crippen MR) is 106 cm³/mol. The van der Waals surface area contributed by atoms with Gasteiger partial charge in [0.2, 0.25) is 0 Å². The minimum atomic E-state index is -3.24. The summed E-state index contributed by atoms with van der Waals surface area (Å²) >= 11 is 0. The first kappa shape index (κ1) is 19.1. The summed E-state index contributed by atoms with van der Waals surface area (Å²) in [4.78, 5) is 18.4. The number of benzene rings is 1. The Morgan fingerprint density at radius 1 is 1.29 bits per heavy atom. The van der Waals surface area contributed by atoms with Crippen LogP contribution in [0, 0.1) is 12.8 Å². The van der Waals surface area contributed by atoms with E-state index in [-0.39, 0.29) is 30.7 Å². The number of pyridine rings is 1. The number of amides is 1. The fourth-order valence-electron chi connectivity index (χ4n) is 4.21. The van der Waals surface area contributed by atoms with Crippen LogP contribution in [0.2, 0.25) is 0 Å². The highest BCUT2D eigenvalue weighted by atomic mass is 32.2. The van der Waals surface area contributed by atoms with E-state index in [4.69, 9.17) is 4.74 Å². The van der Waals surface area contributed by atoms with Gasteiger partial charge in [0.1, 0.15) is 4.75 Å². The normalized spacial score (nSPS) is 22.2. The van der Waals surface area contributed by atoms with Gasteiger partial charge in [0, 0.05) is 37.0 Å². The van der Waals surface area contributed by atoms with Crippen molar-refractivity contribution in [3.8, 4) is 0 Å². The van der Waals surface area contributed by atoms with Crippen molar-refractivity contribution in [3.63, 3.8) is 0 Å². The van der Waals surface area contributed by atoms with Crippen molar-refractivity contribution in [2.45, 2.75) is 24.7 Å². The molecule has 4 rings (SSSR count). The molecule has 0 radical (unpaired) electrons. The zero-order chi connectivity index (χ0) is 19.8. The van der Waals surface area contributed by atoms with Crippen molar-refractivity contribution in [1.82, 2.24) is 9.88 Å². The van der Waals surface area contributed by atoms with E-state index >= 15 is 0 Å². The third kappa shape index (κ3) is 3.33. The van der Waals surface area contributed by atoms with Gasteiger partial charge in [0.15, 0.2) is 9.84 Å². The third-order valence-corrected chi connectivity index (χ3v) is 8.48. The molecule has 2 aliphatic rings. The van der Waals surface area contributed by atoms with Gasteiger partial charge in [-0.25, -0.2) is 8.42 Å². The molecule has 6 nitrogen and oxygen atoms in total. The molecule has 2 fully saturated rings. The maximum atomic E-state index is 12.8. The van der Waals surface area contributed by atoms with Crippen molar-refractivity contribution in [1.29, 1.82) is 0 Å². The largest absolute Gasteiger partial charge is 0.376 e. The Labute approximate surface area is 165 Å². The number of hydrogen-bond donors (Lipinski definition) is 0. The average Bonchev–Trinajstić information content (AvgIpc) is 2.91. The molecule has 1 aromatic carbocycles. The second-order valence-electron chi connectivity index (χ2n) is 7.78. The number of likely N-dealkylation sites (tertiary alicyclic amines) is 1. The number of nitrogens with zero attached hydrogens (tertiary/aromatic N) is 2. The van der Waals surface area contributed by atoms with Crippen LogP contribution in [0.5, 0.6) is 0 Å². The predicted octanol–water partition coefficient (Wildman–Crippen LogP) is 2.24. The summed E-state index contributed by atoms with van der Waals surface area (Å²) in [5.41, 5.74) is 2.58. The van der Waals surface area contributed by atoms with E-state index in [1.54, 1.807) is 23.4 Å². The van der Waals surface area contributed by atoms with E-state index < -0.39 is 14.6 Å². The van der Waals surface area contributed by atoms with Gasteiger partial charge in [0.25, 0.3) is 5.91 Å². The second-order valence-corrected chi connectivity index (χ2v) is 10.2. The highest BCUT2D eigenvalue weighted by Gasteiger charge is 2.62. The van der Waals surface area contributed by atoms with E-state index in [9.17, 15) is 13.2 Å². The molecule has 0 aliphatic carbocycles. The molecule has 1 spiro atoms. The fraction of sp³-hybridized carbons (Fsp3) is 0.429. The molecule has 0 N–H and O–H groups in total. The molecule has 28 heavy (non-hydrogen) atoms. The van der Waals surface area contributed by atoms with Gasteiger partial charge >= 0.3 is 0 Å². The van der Waals surface area contributed by atoms with Crippen LogP contribution >= 0.6 is 0 Å². The highest BCUT2D eigenvalue weighted by molar-refractivity contribution is 7.93. The lowest BCUT2D eigenvalue weighted by atomic mass is 9.83. The number of aromatic nitrogens is 1. The SMILES string of the molecule is Cc1cccc(C(=O)N2CC3(C2)C(COCc2cccnc2)CCS3(=O)=O)c1. The number of aryl methyl sites for hydroxylation is 1. The molecular weight excluding hydrogens is 376 g/mol. The van der Waals surface area contributed by atoms with E-state index in [2.05, 4.69) is 4.98 Å². The summed E-state index contributed by atoms with van der Waals surface area (Å²) < 4.78 is 30.5. The van der Waals surface area contributed by atoms with Crippen LogP contribution in [0.25, 0.3) is 0 Å². The first-order valence-corrected chi connectivity index (χ1v) is 11.1. The number of sulfone groups is 1. The minimum Gasteiger partial charge on any atom is -0.376 e. The molecule has 1 unspecified atom stereocenters. The van der Waals surface area contributed by atoms with E-state index in [1.165, 1.54) is 0 Å². The van der Waals surface area contributed by atoms with Gasteiger partial charge < -0.3 is 9.64 Å². The topological polar surface area (TPSA) is 76.6 Å². The lowest BCUT2D eigenvalue weighted by molar-refractivity contribution is 0.0209. The van der Waals surface area contributed by atoms with Crippen LogP contribution in [-0.2, 0) is 21.2 Å². The van der Waals surface area contributed by atoms with Crippen molar-refractivity contribution >= 4 is 15.7 Å². The van der Waals surface area contributed by atoms with E-state index in [1.807, 2.05) is 37.3 Å². The Morgan fingerprint density at radius 2 is 2.11 bits per heavy atom. The Morgan fingerprint density at radius 3 is 2.82 bits per heavy atom. The minimum absolute atomic E-state index is 0.0873. The maximum Gasteiger partial charge on any atom is 0.253 e. The van der Waals surface area contributed by atoms with Gasteiger partial charge in [-0.3, -0.25) is 9.78 Å². The summed E-state index contributed by atoms with van der Waals surface area (Å²) in [6.45, 7) is 3.23. The standard InChI is InChI=1S/C21H24N2O4S/c1-16-4-2-6-18(10-16)20(24)23-14-21(15-23)19(7-9-28(21,25)26)13-27-12-17-5-3-8-22-11-17/h2-6,8,10-11,19H,7,9,12-15H2,1H3. The van der Waals surface area contributed by atoms with Crippen LogP contribution in [0.3, 0.4) is 0 Å². The number of hydrogen-bond acceptors (Lipinski definition) is 5. The third-order valence-electron chi connectivity index (χ3n) is 5.88. The van der Waals surface area contributed by atoms with Crippen molar-refractivity contribution in [2.24, 2.45) is 5.92 Å². The van der Waals surface area contributed by atoms with Crippen molar-refractivity contribution < 1.29 is 17.9 Å². The summed E-state index contributed by atoms with van der Waals surface area (Å²) in [5.74, 6) is -0.0254. The summed E-state index contributed by atoms with van der Waals surface area (Å²) in [7, 11) is -3.24. The Bertz CT molecular complexity index is 969. The number of ether oxygens (including phenoxy) is 1. The molecule has 1 atom stereocenters. The van der Waals surface area contributed by atoms with E-state index in [0.717, 1.165) is 11.1 Å². The second kappa shape index (κ2) is 7.29. The summed E-state index contributed by atoms with van der Waals surface area (Å²) in [6, 6.07) is 11.2. The smallest absolute Gasteiger partial charge is 0.253 e. The maximum absolute atomic E-state index is 12.8. The zero-order valence-corrected chi connectivity index (χ0v) is 16.7. The fourth-order valence-corrected chi connectivity index (χ4v) is 6.61. The molecule has 2 aromatic rings. The Hall–Kier alpha value is -2.25. The quantitative estimate of drug-likeness (QED) is 0.769. The van der Waals surface area contributed by atoms with Gasteiger partial charge in [-0.15, -0.1) is 0 Å². The molecule has 7 heteroatoms.